The van der Waals surface area contributed by atoms with Gasteiger partial charge in [0.2, 0.25) is 0 Å². The van der Waals surface area contributed by atoms with E-state index in [2.05, 4.69) is 14.4 Å². The molecular weight excluding hydrogens is 304 g/mol. The lowest BCUT2D eigenvalue weighted by Crippen LogP contribution is -2.12. The number of nitrogens with one attached hydrogen (secondary N) is 1. The molecule has 6 nitrogen and oxygen atoms in total. The van der Waals surface area contributed by atoms with Crippen molar-refractivity contribution in [3.8, 4) is 17.0 Å². The fourth-order valence-corrected chi connectivity index (χ4v) is 3.02. The van der Waals surface area contributed by atoms with Crippen LogP contribution in [0.3, 0.4) is 0 Å². The molecule has 0 fully saturated rings. The highest BCUT2D eigenvalue weighted by atomic mass is 32.2. The van der Waals surface area contributed by atoms with Crippen LogP contribution in [-0.2, 0) is 10.0 Å². The van der Waals surface area contributed by atoms with E-state index in [-0.39, 0.29) is 10.6 Å². The van der Waals surface area contributed by atoms with Gasteiger partial charge in [-0.25, -0.2) is 8.42 Å². The van der Waals surface area contributed by atoms with Gasteiger partial charge in [-0.05, 0) is 24.3 Å². The molecule has 0 atom stereocenters. The van der Waals surface area contributed by atoms with Crippen molar-refractivity contribution in [3.63, 3.8) is 0 Å². The summed E-state index contributed by atoms with van der Waals surface area (Å²) in [4.78, 5) is 0.188. The number of rotatable bonds is 4. The molecule has 7 heteroatoms. The van der Waals surface area contributed by atoms with Crippen molar-refractivity contribution in [2.45, 2.75) is 4.90 Å². The van der Waals surface area contributed by atoms with E-state index in [1.165, 1.54) is 12.1 Å². The van der Waals surface area contributed by atoms with Gasteiger partial charge in [0.15, 0.2) is 17.7 Å². The highest BCUT2D eigenvalue weighted by molar-refractivity contribution is 7.92. The number of hydrogen-bond donors (Lipinski definition) is 2. The summed E-state index contributed by atoms with van der Waals surface area (Å²) >= 11 is 0. The van der Waals surface area contributed by atoms with Gasteiger partial charge in [-0.15, -0.1) is 0 Å². The molecule has 0 radical (unpaired) electrons. The van der Waals surface area contributed by atoms with Crippen LogP contribution in [0.25, 0.3) is 11.3 Å². The maximum absolute atomic E-state index is 12.2. The van der Waals surface area contributed by atoms with Gasteiger partial charge in [-0.1, -0.05) is 35.5 Å². The minimum absolute atomic E-state index is 0.0717. The molecular formula is C15H12N2O4S. The molecule has 0 spiro atoms. The molecule has 0 bridgehead atoms. The first kappa shape index (κ1) is 14.2. The zero-order chi connectivity index (χ0) is 15.6. The van der Waals surface area contributed by atoms with Gasteiger partial charge in [-0.3, -0.25) is 4.72 Å². The van der Waals surface area contributed by atoms with Gasteiger partial charge in [0, 0.05) is 11.3 Å². The highest BCUT2D eigenvalue weighted by Crippen LogP contribution is 2.28. The third kappa shape index (κ3) is 2.79. The van der Waals surface area contributed by atoms with Crippen molar-refractivity contribution in [1.29, 1.82) is 0 Å². The van der Waals surface area contributed by atoms with E-state index < -0.39 is 10.0 Å². The predicted molar refractivity (Wildman–Crippen MR) is 80.9 cm³/mol. The van der Waals surface area contributed by atoms with Gasteiger partial charge in [0.1, 0.15) is 0 Å². The Morgan fingerprint density at radius 2 is 1.68 bits per heavy atom. The number of aromatic nitrogens is 1. The predicted octanol–water partition coefficient (Wildman–Crippen LogP) is 2.85. The monoisotopic (exact) mass is 316 g/mol. The Hall–Kier alpha value is -2.80. The Kier molecular flexibility index (Phi) is 3.56. The normalized spacial score (nSPS) is 11.3. The maximum atomic E-state index is 12.2. The number of sulfonamides is 1. The van der Waals surface area contributed by atoms with E-state index in [1.54, 1.807) is 42.5 Å². The largest absolute Gasteiger partial charge is 0.503 e. The zero-order valence-corrected chi connectivity index (χ0v) is 12.1. The van der Waals surface area contributed by atoms with Crippen molar-refractivity contribution in [2.75, 3.05) is 4.72 Å². The molecule has 3 rings (SSSR count). The molecule has 22 heavy (non-hydrogen) atoms. The van der Waals surface area contributed by atoms with Crippen LogP contribution in [-0.4, -0.2) is 18.7 Å². The lowest BCUT2D eigenvalue weighted by Gasteiger charge is -2.08. The van der Waals surface area contributed by atoms with Gasteiger partial charge >= 0.3 is 0 Å². The lowest BCUT2D eigenvalue weighted by molar-refractivity contribution is 0.408. The third-order valence-corrected chi connectivity index (χ3v) is 4.41. The van der Waals surface area contributed by atoms with Crippen LogP contribution in [0.2, 0.25) is 0 Å². The molecule has 1 heterocycles. The van der Waals surface area contributed by atoms with Gasteiger partial charge in [-0.2, -0.15) is 0 Å². The molecule has 2 N–H and O–H groups in total. The molecule has 0 aliphatic heterocycles. The van der Waals surface area contributed by atoms with E-state index in [4.69, 9.17) is 0 Å². The number of aromatic hydroxyl groups is 1. The van der Waals surface area contributed by atoms with Gasteiger partial charge < -0.3 is 9.63 Å². The van der Waals surface area contributed by atoms with E-state index >= 15 is 0 Å². The Balaban J connectivity index is 1.84. The molecule has 1 aromatic heterocycles. The van der Waals surface area contributed by atoms with Crippen LogP contribution >= 0.6 is 0 Å². The summed E-state index contributed by atoms with van der Waals surface area (Å²) < 4.78 is 31.5. The molecule has 0 saturated carbocycles. The second-order valence-electron chi connectivity index (χ2n) is 4.54. The fourth-order valence-electron chi connectivity index (χ4n) is 1.94. The molecule has 3 aromatic rings. The number of anilines is 1. The summed E-state index contributed by atoms with van der Waals surface area (Å²) in [5, 5.41) is 13.2. The van der Waals surface area contributed by atoms with Crippen LogP contribution in [0.15, 0.2) is 70.3 Å². The second-order valence-corrected chi connectivity index (χ2v) is 6.23. The minimum Gasteiger partial charge on any atom is -0.503 e. The first-order valence-corrected chi connectivity index (χ1v) is 7.86. The van der Waals surface area contributed by atoms with Crippen LogP contribution in [0.1, 0.15) is 0 Å². The maximum Gasteiger partial charge on any atom is 0.261 e. The van der Waals surface area contributed by atoms with Crippen molar-refractivity contribution in [2.24, 2.45) is 0 Å². The first-order valence-electron chi connectivity index (χ1n) is 6.38. The Morgan fingerprint density at radius 1 is 1.00 bits per heavy atom. The molecule has 112 valence electrons. The lowest BCUT2D eigenvalue weighted by atomic mass is 10.1. The first-order chi connectivity index (χ1) is 10.6. The number of benzene rings is 2. The van der Waals surface area contributed by atoms with Gasteiger partial charge in [0.25, 0.3) is 10.0 Å². The topological polar surface area (TPSA) is 92.4 Å². The fraction of sp³-hybridized carbons (Fsp3) is 0. The van der Waals surface area contributed by atoms with Crippen molar-refractivity contribution >= 4 is 15.7 Å². The van der Waals surface area contributed by atoms with E-state index in [0.717, 1.165) is 6.26 Å². The third-order valence-electron chi connectivity index (χ3n) is 3.02. The Bertz CT molecular complexity index is 871. The molecule has 0 aliphatic carbocycles. The highest BCUT2D eigenvalue weighted by Gasteiger charge is 2.14. The van der Waals surface area contributed by atoms with Crippen molar-refractivity contribution < 1.29 is 18.0 Å². The van der Waals surface area contributed by atoms with Crippen LogP contribution in [0, 0.1) is 0 Å². The summed E-state index contributed by atoms with van der Waals surface area (Å²) in [6, 6.07) is 14.6. The molecule has 0 saturated heterocycles. The molecule has 0 unspecified atom stereocenters. The summed E-state index contributed by atoms with van der Waals surface area (Å²) in [5.41, 5.74) is 1.34. The average molecular weight is 316 g/mol. The zero-order valence-electron chi connectivity index (χ0n) is 11.3. The van der Waals surface area contributed by atoms with Gasteiger partial charge in [0.05, 0.1) is 4.90 Å². The Labute approximate surface area is 127 Å². The summed E-state index contributed by atoms with van der Waals surface area (Å²) in [5.74, 6) is -0.0717. The van der Waals surface area contributed by atoms with Crippen molar-refractivity contribution in [3.05, 3.63) is 60.9 Å². The summed E-state index contributed by atoms with van der Waals surface area (Å²) in [6.45, 7) is 0. The van der Waals surface area contributed by atoms with E-state index in [1.807, 2.05) is 0 Å². The molecule has 0 amide bonds. The SMILES string of the molecule is O=S(=O)(Nc1ccc(-c2nocc2O)cc1)c1ccccc1. The van der Waals surface area contributed by atoms with E-state index in [0.29, 0.717) is 16.9 Å². The van der Waals surface area contributed by atoms with Crippen LogP contribution < -0.4 is 4.72 Å². The smallest absolute Gasteiger partial charge is 0.261 e. The minimum atomic E-state index is -3.62. The number of hydrogen-bond acceptors (Lipinski definition) is 5. The molecule has 0 aliphatic rings. The van der Waals surface area contributed by atoms with Crippen LogP contribution in [0.5, 0.6) is 5.75 Å². The quantitative estimate of drug-likeness (QED) is 0.772. The average Bonchev–Trinajstić information content (AvgIpc) is 2.95. The number of nitrogens with zero attached hydrogens (tertiary/aromatic N) is 1. The Morgan fingerprint density at radius 3 is 2.27 bits per heavy atom. The molecule has 2 aromatic carbocycles. The van der Waals surface area contributed by atoms with Crippen molar-refractivity contribution in [1.82, 2.24) is 5.16 Å². The second kappa shape index (κ2) is 5.53. The standard InChI is InChI=1S/C15H12N2O4S/c18-14-10-21-16-15(14)11-6-8-12(9-7-11)17-22(19,20)13-4-2-1-3-5-13/h1-10,17-18H. The summed E-state index contributed by atoms with van der Waals surface area (Å²) in [6.07, 6.45) is 1.13. The summed E-state index contributed by atoms with van der Waals surface area (Å²) in [7, 11) is -3.62. The van der Waals surface area contributed by atoms with E-state index in [9.17, 15) is 13.5 Å². The van der Waals surface area contributed by atoms with Crippen LogP contribution in [0.4, 0.5) is 5.69 Å².